The van der Waals surface area contributed by atoms with Crippen LogP contribution in [-0.4, -0.2) is 0 Å². The molecular formula is C28H24O2. The predicted molar refractivity (Wildman–Crippen MR) is 126 cm³/mol. The molecule has 0 saturated carbocycles. The Morgan fingerprint density at radius 2 is 1.23 bits per heavy atom. The van der Waals surface area contributed by atoms with E-state index in [2.05, 4.69) is 55.6 Å². The van der Waals surface area contributed by atoms with Gasteiger partial charge in [0.2, 0.25) is 0 Å². The van der Waals surface area contributed by atoms with E-state index in [4.69, 9.17) is 9.47 Å². The van der Waals surface area contributed by atoms with Gasteiger partial charge in [0.1, 0.15) is 24.7 Å². The second-order valence-electron chi connectivity index (χ2n) is 7.11. The van der Waals surface area contributed by atoms with Crippen molar-refractivity contribution in [2.75, 3.05) is 0 Å². The first-order valence-electron chi connectivity index (χ1n) is 9.96. The van der Waals surface area contributed by atoms with E-state index < -0.39 is 0 Å². The standard InChI is InChI=1S/C28H24O2/c1-3-21-8-12-23(13-9-21)19-29-26-16-17-27-25(18-26)6-5-7-28(27)30-20-24-14-10-22(4-2)11-15-24/h3-18H,1-2,19-20H2. The van der Waals surface area contributed by atoms with Crippen LogP contribution in [0.5, 0.6) is 11.5 Å². The number of hydrogen-bond donors (Lipinski definition) is 0. The van der Waals surface area contributed by atoms with Crippen molar-refractivity contribution in [3.63, 3.8) is 0 Å². The Morgan fingerprint density at radius 3 is 1.83 bits per heavy atom. The van der Waals surface area contributed by atoms with Crippen molar-refractivity contribution in [1.82, 2.24) is 0 Å². The summed E-state index contributed by atoms with van der Waals surface area (Å²) < 4.78 is 12.1. The van der Waals surface area contributed by atoms with Crippen molar-refractivity contribution in [3.8, 4) is 11.5 Å². The third-order valence-electron chi connectivity index (χ3n) is 5.04. The van der Waals surface area contributed by atoms with Gasteiger partial charge in [-0.3, -0.25) is 0 Å². The van der Waals surface area contributed by atoms with E-state index in [9.17, 15) is 0 Å². The molecule has 0 saturated heterocycles. The molecule has 30 heavy (non-hydrogen) atoms. The van der Waals surface area contributed by atoms with Crippen molar-refractivity contribution in [3.05, 3.63) is 120 Å². The fraction of sp³-hybridized carbons (Fsp3) is 0.0714. The molecule has 0 heterocycles. The summed E-state index contributed by atoms with van der Waals surface area (Å²) in [4.78, 5) is 0. The minimum Gasteiger partial charge on any atom is -0.489 e. The number of hydrogen-bond acceptors (Lipinski definition) is 2. The van der Waals surface area contributed by atoms with E-state index in [-0.39, 0.29) is 0 Å². The van der Waals surface area contributed by atoms with Crippen LogP contribution < -0.4 is 9.47 Å². The molecule has 0 radical (unpaired) electrons. The summed E-state index contributed by atoms with van der Waals surface area (Å²) in [5.41, 5.74) is 4.46. The maximum atomic E-state index is 6.10. The van der Waals surface area contributed by atoms with Gasteiger partial charge in [-0.25, -0.2) is 0 Å². The zero-order chi connectivity index (χ0) is 20.8. The molecule has 0 N–H and O–H groups in total. The monoisotopic (exact) mass is 392 g/mol. The maximum Gasteiger partial charge on any atom is 0.127 e. The lowest BCUT2D eigenvalue weighted by Crippen LogP contribution is -1.97. The third-order valence-corrected chi connectivity index (χ3v) is 5.04. The second kappa shape index (κ2) is 9.15. The van der Waals surface area contributed by atoms with Crippen LogP contribution in [0.4, 0.5) is 0 Å². The molecule has 2 heteroatoms. The fourth-order valence-corrected chi connectivity index (χ4v) is 3.28. The van der Waals surface area contributed by atoms with Gasteiger partial charge in [-0.2, -0.15) is 0 Å². The van der Waals surface area contributed by atoms with Gasteiger partial charge in [0.05, 0.1) is 0 Å². The summed E-state index contributed by atoms with van der Waals surface area (Å²) in [6.07, 6.45) is 3.68. The average molecular weight is 392 g/mol. The van der Waals surface area contributed by atoms with E-state index in [0.717, 1.165) is 44.5 Å². The van der Waals surface area contributed by atoms with Crippen molar-refractivity contribution in [2.24, 2.45) is 0 Å². The molecule has 0 amide bonds. The smallest absolute Gasteiger partial charge is 0.127 e. The van der Waals surface area contributed by atoms with Crippen LogP contribution in [0.3, 0.4) is 0 Å². The minimum absolute atomic E-state index is 0.523. The van der Waals surface area contributed by atoms with Gasteiger partial charge in [-0.15, -0.1) is 0 Å². The molecule has 0 bridgehead atoms. The zero-order valence-electron chi connectivity index (χ0n) is 16.9. The predicted octanol–water partition coefficient (Wildman–Crippen LogP) is 7.28. The molecule has 0 aliphatic heterocycles. The quantitative estimate of drug-likeness (QED) is 0.313. The first-order chi connectivity index (χ1) is 14.7. The molecule has 0 fully saturated rings. The molecule has 0 atom stereocenters. The fourth-order valence-electron chi connectivity index (χ4n) is 3.28. The Morgan fingerprint density at radius 1 is 0.633 bits per heavy atom. The van der Waals surface area contributed by atoms with Crippen LogP contribution in [0.2, 0.25) is 0 Å². The van der Waals surface area contributed by atoms with Crippen molar-refractivity contribution in [1.29, 1.82) is 0 Å². The van der Waals surface area contributed by atoms with Crippen molar-refractivity contribution >= 4 is 22.9 Å². The molecule has 0 aromatic heterocycles. The van der Waals surface area contributed by atoms with Crippen LogP contribution in [-0.2, 0) is 13.2 Å². The number of ether oxygens (including phenoxy) is 2. The largest absolute Gasteiger partial charge is 0.489 e. The molecule has 0 aliphatic carbocycles. The third kappa shape index (κ3) is 4.61. The van der Waals surface area contributed by atoms with Gasteiger partial charge in [0.25, 0.3) is 0 Å². The molecule has 2 nitrogen and oxygen atoms in total. The summed E-state index contributed by atoms with van der Waals surface area (Å²) in [6.45, 7) is 8.62. The van der Waals surface area contributed by atoms with Gasteiger partial charge in [0.15, 0.2) is 0 Å². The minimum atomic E-state index is 0.523. The molecule has 0 unspecified atom stereocenters. The second-order valence-corrected chi connectivity index (χ2v) is 7.11. The van der Waals surface area contributed by atoms with Crippen LogP contribution in [0, 0.1) is 0 Å². The zero-order valence-corrected chi connectivity index (χ0v) is 16.9. The van der Waals surface area contributed by atoms with Gasteiger partial charge in [-0.05, 0) is 51.9 Å². The first kappa shape index (κ1) is 19.5. The Balaban J connectivity index is 1.45. The number of fused-ring (bicyclic) bond motifs is 1. The van der Waals surface area contributed by atoms with Crippen LogP contribution in [0.25, 0.3) is 22.9 Å². The highest BCUT2D eigenvalue weighted by Crippen LogP contribution is 2.29. The van der Waals surface area contributed by atoms with E-state index >= 15 is 0 Å². The Labute approximate surface area is 177 Å². The summed E-state index contributed by atoms with van der Waals surface area (Å²) in [7, 11) is 0. The summed E-state index contributed by atoms with van der Waals surface area (Å²) >= 11 is 0. The molecular weight excluding hydrogens is 368 g/mol. The van der Waals surface area contributed by atoms with Gasteiger partial charge < -0.3 is 9.47 Å². The molecule has 0 aliphatic rings. The Kier molecular flexibility index (Phi) is 5.95. The Hall–Kier alpha value is -3.78. The average Bonchev–Trinajstić information content (AvgIpc) is 2.81. The topological polar surface area (TPSA) is 18.5 Å². The molecule has 4 rings (SSSR count). The summed E-state index contributed by atoms with van der Waals surface area (Å²) in [6, 6.07) is 28.6. The van der Waals surface area contributed by atoms with E-state index in [1.165, 1.54) is 0 Å². The molecule has 4 aromatic rings. The first-order valence-corrected chi connectivity index (χ1v) is 9.96. The SMILES string of the molecule is C=Cc1ccc(COc2ccc3c(OCc4ccc(C=C)cc4)cccc3c2)cc1. The lowest BCUT2D eigenvalue weighted by molar-refractivity contribution is 0.306. The van der Waals surface area contributed by atoms with E-state index in [0.29, 0.717) is 13.2 Å². The van der Waals surface area contributed by atoms with E-state index in [1.54, 1.807) is 0 Å². The van der Waals surface area contributed by atoms with Crippen LogP contribution in [0.1, 0.15) is 22.3 Å². The van der Waals surface area contributed by atoms with E-state index in [1.807, 2.05) is 54.6 Å². The maximum absolute atomic E-state index is 6.10. The highest BCUT2D eigenvalue weighted by molar-refractivity contribution is 5.89. The highest BCUT2D eigenvalue weighted by atomic mass is 16.5. The summed E-state index contributed by atoms with van der Waals surface area (Å²) in [5.74, 6) is 1.71. The van der Waals surface area contributed by atoms with Crippen molar-refractivity contribution < 1.29 is 9.47 Å². The lowest BCUT2D eigenvalue weighted by atomic mass is 10.1. The van der Waals surface area contributed by atoms with Crippen molar-refractivity contribution in [2.45, 2.75) is 13.2 Å². The van der Waals surface area contributed by atoms with Crippen LogP contribution >= 0.6 is 0 Å². The van der Waals surface area contributed by atoms with Gasteiger partial charge in [0, 0.05) is 5.39 Å². The molecule has 4 aromatic carbocycles. The normalized spacial score (nSPS) is 10.5. The van der Waals surface area contributed by atoms with Crippen LogP contribution in [0.15, 0.2) is 98.1 Å². The molecule has 148 valence electrons. The Bertz CT molecular complexity index is 1160. The molecule has 0 spiro atoms. The number of rotatable bonds is 8. The lowest BCUT2D eigenvalue weighted by Gasteiger charge is -2.12. The highest BCUT2D eigenvalue weighted by Gasteiger charge is 2.05. The van der Waals surface area contributed by atoms with Gasteiger partial charge in [-0.1, -0.05) is 86.0 Å². The van der Waals surface area contributed by atoms with Gasteiger partial charge >= 0.3 is 0 Å². The summed E-state index contributed by atoms with van der Waals surface area (Å²) in [5, 5.41) is 2.16. The number of benzene rings is 4.